The highest BCUT2D eigenvalue weighted by molar-refractivity contribution is 5.88. The summed E-state index contributed by atoms with van der Waals surface area (Å²) >= 11 is 0. The van der Waals surface area contributed by atoms with E-state index in [2.05, 4.69) is 26.8 Å². The van der Waals surface area contributed by atoms with Gasteiger partial charge in [0.2, 0.25) is 0 Å². The maximum absolute atomic E-state index is 11.8. The Kier molecular flexibility index (Phi) is 3.82. The van der Waals surface area contributed by atoms with Crippen LogP contribution in [0.1, 0.15) is 11.3 Å². The summed E-state index contributed by atoms with van der Waals surface area (Å²) in [4.78, 5) is 15.1. The van der Waals surface area contributed by atoms with Crippen LogP contribution in [0.25, 0.3) is 10.9 Å². The first-order chi connectivity index (χ1) is 10.6. The number of hydrogen-bond acceptors (Lipinski definition) is 2. The molecule has 3 rings (SSSR count). The van der Waals surface area contributed by atoms with E-state index in [1.165, 1.54) is 10.9 Å². The monoisotopic (exact) mass is 297 g/mol. The van der Waals surface area contributed by atoms with E-state index in [-0.39, 0.29) is 6.03 Å². The highest BCUT2D eigenvalue weighted by Gasteiger charge is 2.07. The summed E-state index contributed by atoms with van der Waals surface area (Å²) in [7, 11) is 1.84. The summed E-state index contributed by atoms with van der Waals surface area (Å²) in [6, 6.07) is 9.74. The van der Waals surface area contributed by atoms with Gasteiger partial charge in [-0.3, -0.25) is 10.00 Å². The van der Waals surface area contributed by atoms with Crippen molar-refractivity contribution in [2.24, 2.45) is 7.05 Å². The molecule has 0 spiro atoms. The molecule has 0 unspecified atom stereocenters. The van der Waals surface area contributed by atoms with Crippen LogP contribution in [-0.4, -0.2) is 27.3 Å². The number of aryl methyl sites for hydroxylation is 2. The molecule has 6 nitrogen and oxygen atoms in total. The van der Waals surface area contributed by atoms with E-state index in [0.29, 0.717) is 12.4 Å². The van der Waals surface area contributed by atoms with Gasteiger partial charge in [-0.2, -0.15) is 5.10 Å². The number of aromatic nitrogens is 3. The second kappa shape index (κ2) is 5.93. The molecule has 0 radical (unpaired) electrons. The molecule has 0 saturated heterocycles. The Morgan fingerprint density at radius 3 is 2.95 bits per heavy atom. The minimum Gasteiger partial charge on any atom is -0.361 e. The number of aromatic amines is 1. The molecule has 0 bridgehead atoms. The Morgan fingerprint density at radius 1 is 1.36 bits per heavy atom. The van der Waals surface area contributed by atoms with Gasteiger partial charge in [0.15, 0.2) is 5.82 Å². The molecule has 0 aliphatic carbocycles. The fourth-order valence-electron chi connectivity index (χ4n) is 2.43. The van der Waals surface area contributed by atoms with Gasteiger partial charge < -0.3 is 10.3 Å². The van der Waals surface area contributed by atoms with Crippen molar-refractivity contribution in [1.82, 2.24) is 20.1 Å². The Balaban J connectivity index is 1.53. The van der Waals surface area contributed by atoms with Crippen LogP contribution >= 0.6 is 0 Å². The van der Waals surface area contributed by atoms with Crippen LogP contribution < -0.4 is 10.6 Å². The predicted molar refractivity (Wildman–Crippen MR) is 87.0 cm³/mol. The first kappa shape index (κ1) is 14.2. The Morgan fingerprint density at radius 2 is 2.18 bits per heavy atom. The number of hydrogen-bond donors (Lipinski definition) is 3. The molecule has 6 heteroatoms. The lowest BCUT2D eigenvalue weighted by atomic mass is 10.1. The van der Waals surface area contributed by atoms with Gasteiger partial charge >= 0.3 is 6.03 Å². The van der Waals surface area contributed by atoms with Crippen LogP contribution in [0.15, 0.2) is 36.5 Å². The van der Waals surface area contributed by atoms with Gasteiger partial charge in [0.05, 0.1) is 0 Å². The zero-order valence-corrected chi connectivity index (χ0v) is 12.7. The van der Waals surface area contributed by atoms with Gasteiger partial charge in [0.25, 0.3) is 0 Å². The molecular formula is C16H19N5O. The van der Waals surface area contributed by atoms with Gasteiger partial charge in [0.1, 0.15) is 0 Å². The number of H-pyrrole nitrogens is 1. The molecule has 2 heterocycles. The second-order valence-corrected chi connectivity index (χ2v) is 5.28. The maximum atomic E-state index is 11.8. The summed E-state index contributed by atoms with van der Waals surface area (Å²) in [6.07, 6.45) is 2.77. The number of nitrogens with zero attached hydrogens (tertiary/aromatic N) is 2. The Labute approximate surface area is 128 Å². The summed E-state index contributed by atoms with van der Waals surface area (Å²) in [5, 5.41) is 11.0. The van der Waals surface area contributed by atoms with Crippen molar-refractivity contribution >= 4 is 22.8 Å². The minimum absolute atomic E-state index is 0.238. The van der Waals surface area contributed by atoms with E-state index >= 15 is 0 Å². The summed E-state index contributed by atoms with van der Waals surface area (Å²) < 4.78 is 1.72. The molecule has 2 amide bonds. The van der Waals surface area contributed by atoms with Crippen molar-refractivity contribution in [3.63, 3.8) is 0 Å². The SMILES string of the molecule is Cc1cc(NC(=O)NCCc2c[nH]c3ccccc23)nn1C. The highest BCUT2D eigenvalue weighted by Crippen LogP contribution is 2.17. The number of benzene rings is 1. The quantitative estimate of drug-likeness (QED) is 0.692. The number of carbonyl (C=O) groups excluding carboxylic acids is 1. The average Bonchev–Trinajstić information content (AvgIpc) is 3.03. The largest absolute Gasteiger partial charge is 0.361 e. The number of urea groups is 1. The fourth-order valence-corrected chi connectivity index (χ4v) is 2.43. The van der Waals surface area contributed by atoms with Crippen molar-refractivity contribution in [2.75, 3.05) is 11.9 Å². The zero-order valence-electron chi connectivity index (χ0n) is 12.7. The lowest BCUT2D eigenvalue weighted by Crippen LogP contribution is -2.30. The van der Waals surface area contributed by atoms with Crippen LogP contribution in [0, 0.1) is 6.92 Å². The van der Waals surface area contributed by atoms with Crippen molar-refractivity contribution in [1.29, 1.82) is 0 Å². The first-order valence-electron chi connectivity index (χ1n) is 7.24. The molecule has 2 aromatic heterocycles. The van der Waals surface area contributed by atoms with Gasteiger partial charge in [0, 0.05) is 42.5 Å². The number of amides is 2. The lowest BCUT2D eigenvalue weighted by Gasteiger charge is -2.05. The number of anilines is 1. The van der Waals surface area contributed by atoms with E-state index in [0.717, 1.165) is 17.6 Å². The molecule has 0 atom stereocenters. The number of rotatable bonds is 4. The van der Waals surface area contributed by atoms with E-state index in [1.54, 1.807) is 4.68 Å². The van der Waals surface area contributed by atoms with Gasteiger partial charge in [-0.25, -0.2) is 4.79 Å². The average molecular weight is 297 g/mol. The summed E-state index contributed by atoms with van der Waals surface area (Å²) in [6.45, 7) is 2.51. The van der Waals surface area contributed by atoms with E-state index in [4.69, 9.17) is 0 Å². The standard InChI is InChI=1S/C16H19N5O/c1-11-9-15(20-21(11)2)19-16(22)17-8-7-12-10-18-14-6-4-3-5-13(12)14/h3-6,9-10,18H,7-8H2,1-2H3,(H2,17,19,20,22). The molecule has 1 aromatic carbocycles. The van der Waals surface area contributed by atoms with Crippen LogP contribution in [0.3, 0.4) is 0 Å². The van der Waals surface area contributed by atoms with E-state index in [9.17, 15) is 4.79 Å². The molecule has 0 fully saturated rings. The zero-order chi connectivity index (χ0) is 15.5. The number of nitrogens with one attached hydrogen (secondary N) is 3. The van der Waals surface area contributed by atoms with Crippen LogP contribution in [-0.2, 0) is 13.5 Å². The molecular weight excluding hydrogens is 278 g/mol. The highest BCUT2D eigenvalue weighted by atomic mass is 16.2. The third-order valence-electron chi connectivity index (χ3n) is 3.71. The molecule has 0 aliphatic rings. The second-order valence-electron chi connectivity index (χ2n) is 5.28. The fraction of sp³-hybridized carbons (Fsp3) is 0.250. The Hall–Kier alpha value is -2.76. The van der Waals surface area contributed by atoms with Crippen molar-refractivity contribution in [3.8, 4) is 0 Å². The Bertz CT molecular complexity index is 782. The number of para-hydroxylation sites is 1. The minimum atomic E-state index is -0.238. The normalized spacial score (nSPS) is 10.8. The number of carbonyl (C=O) groups is 1. The topological polar surface area (TPSA) is 74.7 Å². The van der Waals surface area contributed by atoms with Gasteiger partial charge in [-0.05, 0) is 25.0 Å². The third-order valence-corrected chi connectivity index (χ3v) is 3.71. The van der Waals surface area contributed by atoms with Crippen molar-refractivity contribution < 1.29 is 4.79 Å². The third kappa shape index (κ3) is 2.95. The smallest absolute Gasteiger partial charge is 0.320 e. The van der Waals surface area contributed by atoms with E-state index in [1.807, 2.05) is 44.4 Å². The van der Waals surface area contributed by atoms with Crippen LogP contribution in [0.5, 0.6) is 0 Å². The molecule has 22 heavy (non-hydrogen) atoms. The van der Waals surface area contributed by atoms with Gasteiger partial charge in [-0.15, -0.1) is 0 Å². The summed E-state index contributed by atoms with van der Waals surface area (Å²) in [5.74, 6) is 0.560. The van der Waals surface area contributed by atoms with Crippen LogP contribution in [0.4, 0.5) is 10.6 Å². The molecule has 3 N–H and O–H groups in total. The maximum Gasteiger partial charge on any atom is 0.320 e. The lowest BCUT2D eigenvalue weighted by molar-refractivity contribution is 0.252. The number of fused-ring (bicyclic) bond motifs is 1. The van der Waals surface area contributed by atoms with Crippen molar-refractivity contribution in [3.05, 3.63) is 47.8 Å². The van der Waals surface area contributed by atoms with Crippen molar-refractivity contribution in [2.45, 2.75) is 13.3 Å². The first-order valence-corrected chi connectivity index (χ1v) is 7.24. The predicted octanol–water partition coefficient (Wildman–Crippen LogP) is 2.57. The summed E-state index contributed by atoms with van der Waals surface area (Å²) in [5.41, 5.74) is 3.31. The van der Waals surface area contributed by atoms with Gasteiger partial charge in [-0.1, -0.05) is 18.2 Å². The molecule has 114 valence electrons. The molecule has 0 saturated carbocycles. The van der Waals surface area contributed by atoms with E-state index < -0.39 is 0 Å². The molecule has 0 aliphatic heterocycles. The van der Waals surface area contributed by atoms with Crippen LogP contribution in [0.2, 0.25) is 0 Å². The molecule has 3 aromatic rings.